The lowest BCUT2D eigenvalue weighted by Gasteiger charge is -2.22. The molecule has 1 aromatic rings. The lowest BCUT2D eigenvalue weighted by atomic mass is 9.96. The zero-order chi connectivity index (χ0) is 16.2. The van der Waals surface area contributed by atoms with Crippen LogP contribution in [0, 0.1) is 12.8 Å². The van der Waals surface area contributed by atoms with Gasteiger partial charge in [0.15, 0.2) is 0 Å². The molecule has 0 amide bonds. The SMILES string of the molecule is CCC(CC)C(C)NS(=O)(=O)c1c(C)csc1C(=O)OC. The molecule has 0 aliphatic carbocycles. The number of aryl methyl sites for hydroxylation is 1. The first-order valence-electron chi connectivity index (χ1n) is 6.97. The van der Waals surface area contributed by atoms with E-state index in [1.807, 2.05) is 20.8 Å². The van der Waals surface area contributed by atoms with E-state index in [0.29, 0.717) is 5.56 Å². The van der Waals surface area contributed by atoms with Gasteiger partial charge in [-0.1, -0.05) is 26.7 Å². The van der Waals surface area contributed by atoms with Crippen LogP contribution in [0.5, 0.6) is 0 Å². The normalized spacial score (nSPS) is 13.4. The fourth-order valence-corrected chi connectivity index (χ4v) is 5.41. The maximum Gasteiger partial charge on any atom is 0.349 e. The average molecular weight is 333 g/mol. The first-order chi connectivity index (χ1) is 9.78. The van der Waals surface area contributed by atoms with Crippen molar-refractivity contribution >= 4 is 27.3 Å². The predicted molar refractivity (Wildman–Crippen MR) is 84.3 cm³/mol. The molecule has 0 bridgehead atoms. The van der Waals surface area contributed by atoms with Crippen molar-refractivity contribution in [1.82, 2.24) is 4.72 Å². The Balaban J connectivity index is 3.14. The second-order valence-electron chi connectivity index (χ2n) is 5.06. The van der Waals surface area contributed by atoms with Crippen LogP contribution in [0.15, 0.2) is 10.3 Å². The smallest absolute Gasteiger partial charge is 0.349 e. The quantitative estimate of drug-likeness (QED) is 0.779. The number of carbonyl (C=O) groups is 1. The molecule has 1 rings (SSSR count). The Morgan fingerprint density at radius 3 is 2.43 bits per heavy atom. The highest BCUT2D eigenvalue weighted by atomic mass is 32.2. The van der Waals surface area contributed by atoms with Crippen molar-refractivity contribution in [1.29, 1.82) is 0 Å². The standard InChI is InChI=1S/C14H23NO4S2/c1-6-11(7-2)10(4)15-21(17,18)13-9(3)8-20-12(13)14(16)19-5/h8,10-11,15H,6-7H2,1-5H3. The van der Waals surface area contributed by atoms with Crippen molar-refractivity contribution in [3.63, 3.8) is 0 Å². The molecule has 0 aliphatic rings. The molecule has 1 unspecified atom stereocenters. The third-order valence-corrected chi connectivity index (χ3v) is 6.61. The van der Waals surface area contributed by atoms with Gasteiger partial charge in [-0.3, -0.25) is 0 Å². The van der Waals surface area contributed by atoms with Gasteiger partial charge in [0.05, 0.1) is 7.11 Å². The number of hydrogen-bond acceptors (Lipinski definition) is 5. The first kappa shape index (κ1) is 18.1. The van der Waals surface area contributed by atoms with Crippen LogP contribution in [0.2, 0.25) is 0 Å². The molecule has 0 saturated heterocycles. The summed E-state index contributed by atoms with van der Waals surface area (Å²) in [4.78, 5) is 11.9. The Labute approximate surface area is 130 Å². The van der Waals surface area contributed by atoms with Gasteiger partial charge in [0.2, 0.25) is 10.0 Å². The van der Waals surface area contributed by atoms with Crippen LogP contribution >= 0.6 is 11.3 Å². The summed E-state index contributed by atoms with van der Waals surface area (Å²) in [7, 11) is -2.49. The zero-order valence-corrected chi connectivity index (χ0v) is 14.7. The van der Waals surface area contributed by atoms with Crippen molar-refractivity contribution in [2.75, 3.05) is 7.11 Å². The van der Waals surface area contributed by atoms with E-state index in [0.717, 1.165) is 24.2 Å². The molecule has 0 radical (unpaired) electrons. The molecular weight excluding hydrogens is 310 g/mol. The van der Waals surface area contributed by atoms with Gasteiger partial charge in [-0.2, -0.15) is 0 Å². The van der Waals surface area contributed by atoms with Crippen LogP contribution in [-0.2, 0) is 14.8 Å². The van der Waals surface area contributed by atoms with E-state index in [9.17, 15) is 13.2 Å². The monoisotopic (exact) mass is 333 g/mol. The van der Waals surface area contributed by atoms with Gasteiger partial charge >= 0.3 is 5.97 Å². The Morgan fingerprint density at radius 2 is 1.95 bits per heavy atom. The van der Waals surface area contributed by atoms with Crippen LogP contribution in [-0.4, -0.2) is 27.5 Å². The minimum Gasteiger partial charge on any atom is -0.465 e. The second-order valence-corrected chi connectivity index (χ2v) is 7.59. The Kier molecular flexibility index (Phi) is 6.37. The van der Waals surface area contributed by atoms with Gasteiger partial charge in [0.1, 0.15) is 9.77 Å². The van der Waals surface area contributed by atoms with Gasteiger partial charge in [-0.25, -0.2) is 17.9 Å². The molecule has 5 nitrogen and oxygen atoms in total. The van der Waals surface area contributed by atoms with Crippen LogP contribution in [0.25, 0.3) is 0 Å². The molecule has 0 spiro atoms. The lowest BCUT2D eigenvalue weighted by Crippen LogP contribution is -2.38. The van der Waals surface area contributed by atoms with Crippen molar-refractivity contribution < 1.29 is 17.9 Å². The first-order valence-corrected chi connectivity index (χ1v) is 9.33. The number of esters is 1. The highest BCUT2D eigenvalue weighted by Crippen LogP contribution is 2.28. The molecule has 1 atom stereocenters. The number of sulfonamides is 1. The summed E-state index contributed by atoms with van der Waals surface area (Å²) in [6.07, 6.45) is 1.79. The molecule has 0 aromatic carbocycles. The molecule has 21 heavy (non-hydrogen) atoms. The maximum atomic E-state index is 12.6. The number of nitrogens with one attached hydrogen (secondary N) is 1. The van der Waals surface area contributed by atoms with Crippen LogP contribution < -0.4 is 4.72 Å². The van der Waals surface area contributed by atoms with E-state index in [1.54, 1.807) is 12.3 Å². The van der Waals surface area contributed by atoms with Crippen molar-refractivity contribution in [3.05, 3.63) is 15.8 Å². The summed E-state index contributed by atoms with van der Waals surface area (Å²) in [6, 6.07) is -0.185. The zero-order valence-electron chi connectivity index (χ0n) is 13.1. The summed E-state index contributed by atoms with van der Waals surface area (Å²) >= 11 is 1.09. The van der Waals surface area contributed by atoms with Crippen LogP contribution in [0.1, 0.15) is 48.8 Å². The Morgan fingerprint density at radius 1 is 1.38 bits per heavy atom. The van der Waals surface area contributed by atoms with E-state index in [-0.39, 0.29) is 21.7 Å². The Bertz CT molecular complexity index is 588. The van der Waals surface area contributed by atoms with E-state index >= 15 is 0 Å². The highest BCUT2D eigenvalue weighted by Gasteiger charge is 2.29. The summed E-state index contributed by atoms with van der Waals surface area (Å²) in [5, 5.41) is 1.66. The molecule has 0 saturated carbocycles. The summed E-state index contributed by atoms with van der Waals surface area (Å²) < 4.78 is 32.5. The Hall–Kier alpha value is -0.920. The number of carbonyl (C=O) groups excluding carboxylic acids is 1. The van der Waals surface area contributed by atoms with Gasteiger partial charge in [0, 0.05) is 6.04 Å². The van der Waals surface area contributed by atoms with Crippen LogP contribution in [0.4, 0.5) is 0 Å². The van der Waals surface area contributed by atoms with Crippen LogP contribution in [0.3, 0.4) is 0 Å². The largest absolute Gasteiger partial charge is 0.465 e. The number of thiophene rings is 1. The molecule has 1 heterocycles. The van der Waals surface area contributed by atoms with Gasteiger partial charge in [-0.15, -0.1) is 11.3 Å². The van der Waals surface area contributed by atoms with E-state index < -0.39 is 16.0 Å². The topological polar surface area (TPSA) is 72.5 Å². The van der Waals surface area contributed by atoms with Gasteiger partial charge in [-0.05, 0) is 30.7 Å². The fraction of sp³-hybridized carbons (Fsp3) is 0.643. The molecule has 0 fully saturated rings. The summed E-state index contributed by atoms with van der Waals surface area (Å²) in [5.74, 6) is -0.357. The third-order valence-electron chi connectivity index (χ3n) is 3.65. The number of methoxy groups -OCH3 is 1. The molecule has 1 aromatic heterocycles. The van der Waals surface area contributed by atoms with E-state index in [2.05, 4.69) is 9.46 Å². The van der Waals surface area contributed by atoms with Crippen molar-refractivity contribution in [2.24, 2.45) is 5.92 Å². The molecule has 1 N–H and O–H groups in total. The minimum atomic E-state index is -3.74. The molecule has 120 valence electrons. The van der Waals surface area contributed by atoms with Crippen molar-refractivity contribution in [2.45, 2.75) is 51.5 Å². The number of hydrogen-bond donors (Lipinski definition) is 1. The maximum absolute atomic E-state index is 12.6. The molecule has 0 aliphatic heterocycles. The van der Waals surface area contributed by atoms with E-state index in [4.69, 9.17) is 0 Å². The molecule has 7 heteroatoms. The summed E-state index contributed by atoms with van der Waals surface area (Å²) in [5.41, 5.74) is 0.560. The molecular formula is C14H23NO4S2. The minimum absolute atomic E-state index is 0.0390. The third kappa shape index (κ3) is 4.05. The number of ether oxygens (including phenoxy) is 1. The predicted octanol–water partition coefficient (Wildman–Crippen LogP) is 2.95. The number of rotatable bonds is 7. The average Bonchev–Trinajstić information content (AvgIpc) is 2.81. The second kappa shape index (κ2) is 7.38. The van der Waals surface area contributed by atoms with E-state index in [1.165, 1.54) is 7.11 Å². The summed E-state index contributed by atoms with van der Waals surface area (Å²) in [6.45, 7) is 7.61. The fourth-order valence-electron chi connectivity index (χ4n) is 2.40. The van der Waals surface area contributed by atoms with Gasteiger partial charge < -0.3 is 4.74 Å². The van der Waals surface area contributed by atoms with Gasteiger partial charge in [0.25, 0.3) is 0 Å². The van der Waals surface area contributed by atoms with Crippen molar-refractivity contribution in [3.8, 4) is 0 Å². The highest BCUT2D eigenvalue weighted by molar-refractivity contribution is 7.89. The lowest BCUT2D eigenvalue weighted by molar-refractivity contribution is 0.0602.